The molecule has 1 N–H and O–H groups in total. The molecule has 1 atom stereocenters. The van der Waals surface area contributed by atoms with Gasteiger partial charge >= 0.3 is 0 Å². The van der Waals surface area contributed by atoms with E-state index in [1.165, 1.54) is 0 Å². The molecule has 2 nitrogen and oxygen atoms in total. The first-order valence-electron chi connectivity index (χ1n) is 6.63. The number of aliphatic hydroxyl groups is 1. The second kappa shape index (κ2) is 6.26. The van der Waals surface area contributed by atoms with Crippen molar-refractivity contribution in [1.29, 1.82) is 5.26 Å². The van der Waals surface area contributed by atoms with Gasteiger partial charge in [-0.25, -0.2) is 0 Å². The number of hydrogen-bond acceptors (Lipinski definition) is 2. The lowest BCUT2D eigenvalue weighted by Crippen LogP contribution is -2.27. The highest BCUT2D eigenvalue weighted by atomic mass is 79.9. The lowest BCUT2D eigenvalue weighted by molar-refractivity contribution is 0.0511. The summed E-state index contributed by atoms with van der Waals surface area (Å²) < 4.78 is 0.809. The summed E-state index contributed by atoms with van der Waals surface area (Å²) in [6.45, 7) is 0. The van der Waals surface area contributed by atoms with Crippen LogP contribution in [0.25, 0.3) is 0 Å². The standard InChI is InChI=1S/C15H17BrClNO/c16-13-6-5-11(17)9-12(13)14(19)15(10-18)7-3-1-2-4-8-15/h5-6,9,14,19H,1-4,7-8H2. The van der Waals surface area contributed by atoms with E-state index in [1.54, 1.807) is 12.1 Å². The van der Waals surface area contributed by atoms with E-state index >= 15 is 0 Å². The van der Waals surface area contributed by atoms with Crippen LogP contribution < -0.4 is 0 Å². The Kier molecular flexibility index (Phi) is 4.89. The minimum atomic E-state index is -0.788. The Balaban J connectivity index is 2.37. The Labute approximate surface area is 127 Å². The van der Waals surface area contributed by atoms with E-state index in [-0.39, 0.29) is 0 Å². The number of halogens is 2. The van der Waals surface area contributed by atoms with Crippen molar-refractivity contribution in [3.05, 3.63) is 33.3 Å². The van der Waals surface area contributed by atoms with E-state index in [0.29, 0.717) is 5.02 Å². The first-order valence-corrected chi connectivity index (χ1v) is 7.80. The van der Waals surface area contributed by atoms with Crippen molar-refractivity contribution >= 4 is 27.5 Å². The number of nitrogens with zero attached hydrogens (tertiary/aromatic N) is 1. The molecule has 2 rings (SSSR count). The highest BCUT2D eigenvalue weighted by Gasteiger charge is 2.40. The van der Waals surface area contributed by atoms with Crippen LogP contribution in [0.1, 0.15) is 50.2 Å². The van der Waals surface area contributed by atoms with Crippen molar-refractivity contribution in [1.82, 2.24) is 0 Å². The molecule has 0 amide bonds. The molecule has 4 heteroatoms. The van der Waals surface area contributed by atoms with Crippen LogP contribution in [-0.2, 0) is 0 Å². The van der Waals surface area contributed by atoms with Gasteiger partial charge in [0, 0.05) is 9.50 Å². The SMILES string of the molecule is N#CC1(C(O)c2cc(Cl)ccc2Br)CCCCCC1. The van der Waals surface area contributed by atoms with Gasteiger partial charge in [0.1, 0.15) is 0 Å². The fourth-order valence-corrected chi connectivity index (χ4v) is 3.47. The van der Waals surface area contributed by atoms with Crippen LogP contribution in [0.2, 0.25) is 5.02 Å². The molecule has 0 saturated heterocycles. The molecule has 0 bridgehead atoms. The summed E-state index contributed by atoms with van der Waals surface area (Å²) in [5.74, 6) is 0. The van der Waals surface area contributed by atoms with Crippen LogP contribution in [0.5, 0.6) is 0 Å². The Hall–Kier alpha value is -0.560. The monoisotopic (exact) mass is 341 g/mol. The van der Waals surface area contributed by atoms with Crippen LogP contribution in [0, 0.1) is 16.7 Å². The van der Waals surface area contributed by atoms with Gasteiger partial charge in [-0.15, -0.1) is 0 Å². The summed E-state index contributed by atoms with van der Waals surface area (Å²) in [5, 5.41) is 20.9. The quantitative estimate of drug-likeness (QED) is 0.769. The molecule has 0 aromatic heterocycles. The molecule has 1 aromatic carbocycles. The van der Waals surface area contributed by atoms with Gasteiger partial charge in [0.05, 0.1) is 17.6 Å². The van der Waals surface area contributed by atoms with E-state index in [2.05, 4.69) is 22.0 Å². The summed E-state index contributed by atoms with van der Waals surface area (Å²) >= 11 is 9.45. The molecule has 1 saturated carbocycles. The maximum atomic E-state index is 10.7. The smallest absolute Gasteiger partial charge is 0.0987 e. The Morgan fingerprint density at radius 2 is 1.89 bits per heavy atom. The molecule has 19 heavy (non-hydrogen) atoms. The summed E-state index contributed by atoms with van der Waals surface area (Å²) in [4.78, 5) is 0. The summed E-state index contributed by atoms with van der Waals surface area (Å²) in [6.07, 6.45) is 5.02. The third-order valence-corrected chi connectivity index (χ3v) is 4.95. The van der Waals surface area contributed by atoms with Crippen LogP contribution >= 0.6 is 27.5 Å². The van der Waals surface area contributed by atoms with Crippen LogP contribution in [0.4, 0.5) is 0 Å². The fraction of sp³-hybridized carbons (Fsp3) is 0.533. The molecule has 102 valence electrons. The second-order valence-electron chi connectivity index (χ2n) is 5.25. The van der Waals surface area contributed by atoms with E-state index in [9.17, 15) is 10.4 Å². The lowest BCUT2D eigenvalue weighted by Gasteiger charge is -2.31. The maximum Gasteiger partial charge on any atom is 0.0987 e. The van der Waals surface area contributed by atoms with Crippen molar-refractivity contribution < 1.29 is 5.11 Å². The van der Waals surface area contributed by atoms with E-state index in [1.807, 2.05) is 6.07 Å². The van der Waals surface area contributed by atoms with Crippen molar-refractivity contribution in [3.63, 3.8) is 0 Å². The average molecular weight is 343 g/mol. The lowest BCUT2D eigenvalue weighted by atomic mass is 9.74. The molecule has 0 aliphatic heterocycles. The van der Waals surface area contributed by atoms with Crippen molar-refractivity contribution in [2.45, 2.75) is 44.6 Å². The third kappa shape index (κ3) is 3.13. The number of benzene rings is 1. The van der Waals surface area contributed by atoms with Gasteiger partial charge in [0.25, 0.3) is 0 Å². The third-order valence-electron chi connectivity index (χ3n) is 3.99. The summed E-state index contributed by atoms with van der Waals surface area (Å²) in [6, 6.07) is 7.73. The number of nitriles is 1. The average Bonchev–Trinajstić information content (AvgIpc) is 2.67. The zero-order valence-corrected chi connectivity index (χ0v) is 13.0. The molecular weight excluding hydrogens is 326 g/mol. The van der Waals surface area contributed by atoms with Gasteiger partial charge in [0.15, 0.2) is 0 Å². The first kappa shape index (κ1) is 14.8. The number of aliphatic hydroxyl groups excluding tert-OH is 1. The molecule has 0 heterocycles. The first-order chi connectivity index (χ1) is 9.09. The van der Waals surface area contributed by atoms with Gasteiger partial charge in [-0.05, 0) is 36.6 Å². The fourth-order valence-electron chi connectivity index (χ4n) is 2.83. The zero-order valence-electron chi connectivity index (χ0n) is 10.7. The highest BCUT2D eigenvalue weighted by Crippen LogP contribution is 2.46. The summed E-state index contributed by atoms with van der Waals surface area (Å²) in [5.41, 5.74) is 0.0416. The molecule has 1 unspecified atom stereocenters. The second-order valence-corrected chi connectivity index (χ2v) is 6.54. The number of rotatable bonds is 2. The predicted octanol–water partition coefficient (Wildman–Crippen LogP) is 5.00. The van der Waals surface area contributed by atoms with Crippen molar-refractivity contribution in [2.75, 3.05) is 0 Å². The van der Waals surface area contributed by atoms with Gasteiger partial charge in [-0.3, -0.25) is 0 Å². The molecule has 1 aromatic rings. The van der Waals surface area contributed by atoms with Gasteiger partial charge < -0.3 is 5.11 Å². The van der Waals surface area contributed by atoms with E-state index < -0.39 is 11.5 Å². The normalized spacial score (nSPS) is 20.3. The van der Waals surface area contributed by atoms with Crippen LogP contribution in [0.15, 0.2) is 22.7 Å². The Bertz CT molecular complexity index is 489. The van der Waals surface area contributed by atoms with Crippen molar-refractivity contribution in [2.24, 2.45) is 5.41 Å². The summed E-state index contributed by atoms with van der Waals surface area (Å²) in [7, 11) is 0. The maximum absolute atomic E-state index is 10.7. The Morgan fingerprint density at radius 3 is 2.47 bits per heavy atom. The van der Waals surface area contributed by atoms with Gasteiger partial charge in [0.2, 0.25) is 0 Å². The predicted molar refractivity (Wildman–Crippen MR) is 79.9 cm³/mol. The number of hydrogen-bond donors (Lipinski definition) is 1. The van der Waals surface area contributed by atoms with Gasteiger partial charge in [-0.1, -0.05) is 53.2 Å². The molecule has 1 aliphatic rings. The molecule has 1 aliphatic carbocycles. The zero-order chi connectivity index (χ0) is 13.9. The minimum absolute atomic E-state index is 0.582. The Morgan fingerprint density at radius 1 is 1.26 bits per heavy atom. The molecule has 0 spiro atoms. The highest BCUT2D eigenvalue weighted by molar-refractivity contribution is 9.10. The van der Waals surface area contributed by atoms with Crippen LogP contribution in [-0.4, -0.2) is 5.11 Å². The van der Waals surface area contributed by atoms with Crippen LogP contribution in [0.3, 0.4) is 0 Å². The van der Waals surface area contributed by atoms with E-state index in [0.717, 1.165) is 48.6 Å². The topological polar surface area (TPSA) is 44.0 Å². The largest absolute Gasteiger partial charge is 0.387 e. The molecule has 1 fully saturated rings. The molecular formula is C15H17BrClNO. The van der Waals surface area contributed by atoms with Gasteiger partial charge in [-0.2, -0.15) is 5.26 Å². The molecule has 0 radical (unpaired) electrons. The van der Waals surface area contributed by atoms with E-state index in [4.69, 9.17) is 11.6 Å². The minimum Gasteiger partial charge on any atom is -0.387 e. The van der Waals surface area contributed by atoms with Crippen molar-refractivity contribution in [3.8, 4) is 6.07 Å².